The number of fused-ring (bicyclic) bond motifs is 2. The standard InChI is InChI=1S/C36H54O2/c1-7-11-13-15-17-29(9-3)25-37-35-31-21-19-28(6)24-34(31)36(32-22-20-27(5)23-33(32)35)38-26-30(10-4)18-16-14-12-8-2/h19-24,29-30H,7-18,25-26H2,1-6H3. The minimum absolute atomic E-state index is 0.598. The Hall–Kier alpha value is -2.22. The SMILES string of the molecule is CCCCCCC(CC)COc1c2ccc(C)cc2c(OCC(CC)CCCCCC)c2ccc(C)cc12. The first kappa shape index (κ1) is 30.3. The Labute approximate surface area is 233 Å². The Morgan fingerprint density at radius 1 is 0.526 bits per heavy atom. The molecule has 0 radical (unpaired) electrons. The molecule has 2 atom stereocenters. The van der Waals surface area contributed by atoms with E-state index < -0.39 is 0 Å². The van der Waals surface area contributed by atoms with Crippen molar-refractivity contribution in [2.45, 2.75) is 119 Å². The quantitative estimate of drug-likeness (QED) is 0.123. The van der Waals surface area contributed by atoms with Crippen LogP contribution in [0.3, 0.4) is 0 Å². The molecule has 0 saturated carbocycles. The zero-order valence-electron chi connectivity index (χ0n) is 25.3. The van der Waals surface area contributed by atoms with Crippen molar-refractivity contribution in [2.24, 2.45) is 11.8 Å². The average Bonchev–Trinajstić information content (AvgIpc) is 2.92. The van der Waals surface area contributed by atoms with Gasteiger partial charge >= 0.3 is 0 Å². The smallest absolute Gasteiger partial charge is 0.135 e. The summed E-state index contributed by atoms with van der Waals surface area (Å²) in [5.74, 6) is 3.26. The molecule has 3 aromatic rings. The molecular weight excluding hydrogens is 464 g/mol. The van der Waals surface area contributed by atoms with E-state index in [1.807, 2.05) is 0 Å². The predicted molar refractivity (Wildman–Crippen MR) is 167 cm³/mol. The molecule has 0 fully saturated rings. The van der Waals surface area contributed by atoms with Crippen molar-refractivity contribution in [2.75, 3.05) is 13.2 Å². The van der Waals surface area contributed by atoms with Crippen LogP contribution in [0.25, 0.3) is 21.5 Å². The highest BCUT2D eigenvalue weighted by molar-refractivity contribution is 6.11. The summed E-state index contributed by atoms with van der Waals surface area (Å²) in [7, 11) is 0. The molecule has 3 rings (SSSR count). The molecule has 0 bridgehead atoms. The summed E-state index contributed by atoms with van der Waals surface area (Å²) in [6, 6.07) is 13.5. The van der Waals surface area contributed by atoms with E-state index in [1.165, 1.54) is 96.9 Å². The topological polar surface area (TPSA) is 18.5 Å². The van der Waals surface area contributed by atoms with Gasteiger partial charge in [-0.15, -0.1) is 0 Å². The van der Waals surface area contributed by atoms with Crippen molar-refractivity contribution in [3.63, 3.8) is 0 Å². The molecule has 3 aromatic carbocycles. The maximum absolute atomic E-state index is 6.76. The van der Waals surface area contributed by atoms with Crippen LogP contribution < -0.4 is 9.47 Å². The number of benzene rings is 3. The molecule has 0 aliphatic heterocycles. The van der Waals surface area contributed by atoms with E-state index in [1.54, 1.807) is 0 Å². The molecule has 0 spiro atoms. The maximum atomic E-state index is 6.76. The average molecular weight is 519 g/mol. The Balaban J connectivity index is 1.93. The van der Waals surface area contributed by atoms with Gasteiger partial charge < -0.3 is 9.47 Å². The molecule has 210 valence electrons. The van der Waals surface area contributed by atoms with Crippen molar-refractivity contribution in [1.82, 2.24) is 0 Å². The molecule has 0 aliphatic carbocycles. The van der Waals surface area contributed by atoms with E-state index in [2.05, 4.69) is 77.9 Å². The van der Waals surface area contributed by atoms with Gasteiger partial charge in [-0.3, -0.25) is 0 Å². The van der Waals surface area contributed by atoms with Crippen molar-refractivity contribution < 1.29 is 9.47 Å². The summed E-state index contributed by atoms with van der Waals surface area (Å²) in [4.78, 5) is 0. The molecule has 38 heavy (non-hydrogen) atoms. The second kappa shape index (κ2) is 16.0. The molecule has 2 heteroatoms. The van der Waals surface area contributed by atoms with E-state index >= 15 is 0 Å². The first-order valence-electron chi connectivity index (χ1n) is 15.7. The second-order valence-corrected chi connectivity index (χ2v) is 11.6. The number of hydrogen-bond acceptors (Lipinski definition) is 2. The minimum atomic E-state index is 0.598. The Bertz CT molecular complexity index is 1030. The van der Waals surface area contributed by atoms with Crippen LogP contribution in [0.5, 0.6) is 11.5 Å². The molecule has 2 unspecified atom stereocenters. The second-order valence-electron chi connectivity index (χ2n) is 11.6. The highest BCUT2D eigenvalue weighted by Gasteiger charge is 2.19. The van der Waals surface area contributed by atoms with Crippen LogP contribution >= 0.6 is 0 Å². The van der Waals surface area contributed by atoms with E-state index in [9.17, 15) is 0 Å². The maximum Gasteiger partial charge on any atom is 0.135 e. The van der Waals surface area contributed by atoms with E-state index in [4.69, 9.17) is 9.47 Å². The van der Waals surface area contributed by atoms with Gasteiger partial charge in [0.15, 0.2) is 0 Å². The molecule has 0 heterocycles. The minimum Gasteiger partial charge on any atom is -0.492 e. The van der Waals surface area contributed by atoms with Crippen molar-refractivity contribution >= 4 is 21.5 Å². The highest BCUT2D eigenvalue weighted by atomic mass is 16.5. The van der Waals surface area contributed by atoms with Gasteiger partial charge in [0.2, 0.25) is 0 Å². The van der Waals surface area contributed by atoms with Crippen LogP contribution in [0.15, 0.2) is 36.4 Å². The summed E-state index contributed by atoms with van der Waals surface area (Å²) in [5, 5.41) is 4.74. The summed E-state index contributed by atoms with van der Waals surface area (Å²) in [5.41, 5.74) is 2.52. The summed E-state index contributed by atoms with van der Waals surface area (Å²) >= 11 is 0. The fourth-order valence-corrected chi connectivity index (χ4v) is 5.62. The third kappa shape index (κ3) is 8.39. The Morgan fingerprint density at radius 3 is 1.32 bits per heavy atom. The first-order chi connectivity index (χ1) is 18.5. The largest absolute Gasteiger partial charge is 0.492 e. The highest BCUT2D eigenvalue weighted by Crippen LogP contribution is 2.44. The van der Waals surface area contributed by atoms with Gasteiger partial charge in [0, 0.05) is 21.5 Å². The number of ether oxygens (including phenoxy) is 2. The van der Waals surface area contributed by atoms with Crippen molar-refractivity contribution in [3.05, 3.63) is 47.5 Å². The van der Waals surface area contributed by atoms with E-state index in [0.717, 1.165) is 37.6 Å². The van der Waals surface area contributed by atoms with Gasteiger partial charge in [-0.1, -0.05) is 127 Å². The number of rotatable bonds is 18. The lowest BCUT2D eigenvalue weighted by atomic mass is 9.96. The lowest BCUT2D eigenvalue weighted by molar-refractivity contribution is 0.233. The van der Waals surface area contributed by atoms with Gasteiger partial charge in [0.1, 0.15) is 11.5 Å². The molecule has 0 amide bonds. The fraction of sp³-hybridized carbons (Fsp3) is 0.611. The predicted octanol–water partition coefficient (Wildman–Crippen LogP) is 11.4. The van der Waals surface area contributed by atoms with Crippen LogP contribution in [0, 0.1) is 25.7 Å². The Morgan fingerprint density at radius 2 is 0.947 bits per heavy atom. The van der Waals surface area contributed by atoms with Gasteiger partial charge in [-0.25, -0.2) is 0 Å². The van der Waals surface area contributed by atoms with Gasteiger partial charge in [0.05, 0.1) is 13.2 Å². The molecule has 0 saturated heterocycles. The van der Waals surface area contributed by atoms with Gasteiger partial charge in [-0.2, -0.15) is 0 Å². The third-order valence-electron chi connectivity index (χ3n) is 8.34. The Kier molecular flexibility index (Phi) is 12.8. The number of hydrogen-bond donors (Lipinski definition) is 0. The molecule has 0 N–H and O–H groups in total. The third-order valence-corrected chi connectivity index (χ3v) is 8.34. The van der Waals surface area contributed by atoms with Crippen LogP contribution in [0.1, 0.15) is 116 Å². The van der Waals surface area contributed by atoms with E-state index in [0.29, 0.717) is 11.8 Å². The lowest BCUT2D eigenvalue weighted by Crippen LogP contribution is -2.13. The van der Waals surface area contributed by atoms with Crippen LogP contribution in [0.4, 0.5) is 0 Å². The van der Waals surface area contributed by atoms with Crippen LogP contribution in [0.2, 0.25) is 0 Å². The zero-order chi connectivity index (χ0) is 27.3. The molecule has 2 nitrogen and oxygen atoms in total. The molecular formula is C36H54O2. The van der Waals surface area contributed by atoms with Crippen molar-refractivity contribution in [1.29, 1.82) is 0 Å². The summed E-state index contributed by atoms with van der Waals surface area (Å²) in [6.45, 7) is 15.1. The van der Waals surface area contributed by atoms with Gasteiger partial charge in [0.25, 0.3) is 0 Å². The molecule has 0 aliphatic rings. The number of unbranched alkanes of at least 4 members (excludes halogenated alkanes) is 6. The first-order valence-corrected chi connectivity index (χ1v) is 15.7. The van der Waals surface area contributed by atoms with E-state index in [-0.39, 0.29) is 0 Å². The monoisotopic (exact) mass is 518 g/mol. The summed E-state index contributed by atoms with van der Waals surface area (Å²) < 4.78 is 13.5. The van der Waals surface area contributed by atoms with Crippen LogP contribution in [-0.2, 0) is 0 Å². The lowest BCUT2D eigenvalue weighted by Gasteiger charge is -2.22. The van der Waals surface area contributed by atoms with Gasteiger partial charge in [-0.05, 0) is 50.7 Å². The fourth-order valence-electron chi connectivity index (χ4n) is 5.62. The zero-order valence-corrected chi connectivity index (χ0v) is 25.3. The van der Waals surface area contributed by atoms with Crippen LogP contribution in [-0.4, -0.2) is 13.2 Å². The number of aryl methyl sites for hydroxylation is 2. The normalized spacial score (nSPS) is 13.2. The molecule has 0 aromatic heterocycles. The van der Waals surface area contributed by atoms with Crippen molar-refractivity contribution in [3.8, 4) is 11.5 Å². The summed E-state index contributed by atoms with van der Waals surface area (Å²) in [6.07, 6.45) is 15.4.